The van der Waals surface area contributed by atoms with Crippen LogP contribution in [0.5, 0.6) is 0 Å². The Labute approximate surface area is 80.6 Å². The van der Waals surface area contributed by atoms with Gasteiger partial charge in [0.25, 0.3) is 0 Å². The van der Waals surface area contributed by atoms with Crippen LogP contribution >= 0.6 is 0 Å². The highest BCUT2D eigenvalue weighted by molar-refractivity contribution is 5.99. The SMILES string of the molecule is Cn1ccc2cc(C(=O)O)c(N)cc21. The number of nitrogens with two attached hydrogens (primary N) is 1. The van der Waals surface area contributed by atoms with Gasteiger partial charge in [-0.1, -0.05) is 0 Å². The Bertz CT molecular complexity index is 514. The van der Waals surface area contributed by atoms with Crippen molar-refractivity contribution < 1.29 is 9.90 Å². The number of carboxylic acids is 1. The standard InChI is InChI=1S/C10H10N2O2/c1-12-3-2-6-4-7(10(13)14)8(11)5-9(6)12/h2-5H,11H2,1H3,(H,13,14). The molecule has 1 aromatic heterocycles. The van der Waals surface area contributed by atoms with E-state index in [0.717, 1.165) is 10.9 Å². The van der Waals surface area contributed by atoms with E-state index in [0.29, 0.717) is 5.69 Å². The molecule has 4 heteroatoms. The van der Waals surface area contributed by atoms with Crippen LogP contribution in [0.25, 0.3) is 10.9 Å². The molecule has 14 heavy (non-hydrogen) atoms. The van der Waals surface area contributed by atoms with Crippen molar-refractivity contribution in [2.24, 2.45) is 7.05 Å². The zero-order valence-electron chi connectivity index (χ0n) is 7.69. The summed E-state index contributed by atoms with van der Waals surface area (Å²) < 4.78 is 1.90. The Hall–Kier alpha value is -1.97. The third-order valence-corrected chi connectivity index (χ3v) is 2.29. The second-order valence-electron chi connectivity index (χ2n) is 3.23. The number of rotatable bonds is 1. The van der Waals surface area contributed by atoms with E-state index in [2.05, 4.69) is 0 Å². The Morgan fingerprint density at radius 1 is 1.50 bits per heavy atom. The number of nitrogens with zero attached hydrogens (tertiary/aromatic N) is 1. The molecular formula is C10H10N2O2. The number of aryl methyl sites for hydroxylation is 1. The van der Waals surface area contributed by atoms with Gasteiger partial charge in [-0.3, -0.25) is 0 Å². The maximum atomic E-state index is 10.8. The highest BCUT2D eigenvalue weighted by Gasteiger charge is 2.10. The zero-order valence-corrected chi connectivity index (χ0v) is 7.69. The molecule has 0 aliphatic rings. The van der Waals surface area contributed by atoms with Crippen LogP contribution in [0.2, 0.25) is 0 Å². The Kier molecular flexibility index (Phi) is 1.70. The molecule has 0 atom stereocenters. The molecule has 1 aromatic carbocycles. The summed E-state index contributed by atoms with van der Waals surface area (Å²) in [5.41, 5.74) is 7.01. The molecule has 3 N–H and O–H groups in total. The number of aromatic nitrogens is 1. The van der Waals surface area contributed by atoms with Gasteiger partial charge in [0.2, 0.25) is 0 Å². The average Bonchev–Trinajstić information content (AvgIpc) is 2.46. The van der Waals surface area contributed by atoms with Crippen LogP contribution < -0.4 is 5.73 Å². The predicted octanol–water partition coefficient (Wildman–Crippen LogP) is 1.46. The highest BCUT2D eigenvalue weighted by atomic mass is 16.4. The maximum absolute atomic E-state index is 10.8. The van der Waals surface area contributed by atoms with Gasteiger partial charge >= 0.3 is 5.97 Å². The molecule has 0 unspecified atom stereocenters. The van der Waals surface area contributed by atoms with Crippen molar-refractivity contribution in [3.8, 4) is 0 Å². The first-order valence-corrected chi connectivity index (χ1v) is 4.17. The smallest absolute Gasteiger partial charge is 0.337 e. The van der Waals surface area contributed by atoms with Gasteiger partial charge in [-0.15, -0.1) is 0 Å². The van der Waals surface area contributed by atoms with Crippen LogP contribution in [0.4, 0.5) is 5.69 Å². The van der Waals surface area contributed by atoms with E-state index < -0.39 is 5.97 Å². The highest BCUT2D eigenvalue weighted by Crippen LogP contribution is 2.22. The molecule has 0 aliphatic heterocycles. The minimum absolute atomic E-state index is 0.156. The summed E-state index contributed by atoms with van der Waals surface area (Å²) in [6, 6.07) is 5.13. The first-order valence-electron chi connectivity index (χ1n) is 4.17. The number of hydrogen-bond acceptors (Lipinski definition) is 2. The van der Waals surface area contributed by atoms with E-state index in [1.54, 1.807) is 12.1 Å². The van der Waals surface area contributed by atoms with Crippen molar-refractivity contribution in [1.82, 2.24) is 4.57 Å². The fraction of sp³-hybridized carbons (Fsp3) is 0.100. The molecule has 0 aliphatic carbocycles. The van der Waals surface area contributed by atoms with E-state index in [1.165, 1.54) is 0 Å². The lowest BCUT2D eigenvalue weighted by atomic mass is 10.1. The van der Waals surface area contributed by atoms with Gasteiger partial charge in [-0.25, -0.2) is 4.79 Å². The summed E-state index contributed by atoms with van der Waals surface area (Å²) in [5.74, 6) is -0.992. The summed E-state index contributed by atoms with van der Waals surface area (Å²) >= 11 is 0. The number of fused-ring (bicyclic) bond motifs is 1. The van der Waals surface area contributed by atoms with Crippen molar-refractivity contribution in [2.45, 2.75) is 0 Å². The first-order chi connectivity index (χ1) is 6.59. The maximum Gasteiger partial charge on any atom is 0.337 e. The average molecular weight is 190 g/mol. The number of benzene rings is 1. The third-order valence-electron chi connectivity index (χ3n) is 2.29. The third kappa shape index (κ3) is 1.12. The molecule has 0 saturated carbocycles. The molecular weight excluding hydrogens is 180 g/mol. The van der Waals surface area contributed by atoms with E-state index in [1.807, 2.05) is 23.9 Å². The van der Waals surface area contributed by atoms with Crippen LogP contribution in [-0.2, 0) is 7.05 Å². The Morgan fingerprint density at radius 2 is 2.21 bits per heavy atom. The number of carboxylic acid groups (broad SMARTS) is 1. The van der Waals surface area contributed by atoms with E-state index >= 15 is 0 Å². The largest absolute Gasteiger partial charge is 0.478 e. The molecule has 0 bridgehead atoms. The van der Waals surface area contributed by atoms with Gasteiger partial charge in [0.1, 0.15) is 0 Å². The topological polar surface area (TPSA) is 68.2 Å². The molecule has 0 spiro atoms. The van der Waals surface area contributed by atoms with Crippen molar-refractivity contribution in [2.75, 3.05) is 5.73 Å². The summed E-state index contributed by atoms with van der Waals surface area (Å²) in [6.07, 6.45) is 1.87. The molecule has 2 rings (SSSR count). The second kappa shape index (κ2) is 2.77. The zero-order chi connectivity index (χ0) is 10.3. The van der Waals surface area contributed by atoms with E-state index in [-0.39, 0.29) is 5.56 Å². The number of aromatic carboxylic acids is 1. The first kappa shape index (κ1) is 8.62. The quantitative estimate of drug-likeness (QED) is 0.669. The summed E-state index contributed by atoms with van der Waals surface area (Å²) in [7, 11) is 1.89. The molecule has 2 aromatic rings. The van der Waals surface area contributed by atoms with Gasteiger partial charge in [0, 0.05) is 29.8 Å². The molecule has 0 fully saturated rings. The van der Waals surface area contributed by atoms with Crippen LogP contribution in [0.1, 0.15) is 10.4 Å². The van der Waals surface area contributed by atoms with Gasteiger partial charge < -0.3 is 15.4 Å². The number of carbonyl (C=O) groups is 1. The van der Waals surface area contributed by atoms with E-state index in [9.17, 15) is 4.79 Å². The fourth-order valence-electron chi connectivity index (χ4n) is 1.52. The van der Waals surface area contributed by atoms with Crippen LogP contribution in [0.3, 0.4) is 0 Å². The number of anilines is 1. The summed E-state index contributed by atoms with van der Waals surface area (Å²) in [6.45, 7) is 0. The van der Waals surface area contributed by atoms with Crippen molar-refractivity contribution in [3.05, 3.63) is 30.0 Å². The summed E-state index contributed by atoms with van der Waals surface area (Å²) in [5, 5.41) is 9.73. The van der Waals surface area contributed by atoms with Crippen LogP contribution in [-0.4, -0.2) is 15.6 Å². The van der Waals surface area contributed by atoms with Crippen LogP contribution in [0, 0.1) is 0 Å². The minimum atomic E-state index is -0.992. The fourth-order valence-corrected chi connectivity index (χ4v) is 1.52. The van der Waals surface area contributed by atoms with Crippen LogP contribution in [0.15, 0.2) is 24.4 Å². The van der Waals surface area contributed by atoms with Gasteiger partial charge in [-0.05, 0) is 18.2 Å². The molecule has 0 radical (unpaired) electrons. The lowest BCUT2D eigenvalue weighted by Gasteiger charge is -2.02. The van der Waals surface area contributed by atoms with E-state index in [4.69, 9.17) is 10.8 Å². The Morgan fingerprint density at radius 3 is 2.86 bits per heavy atom. The number of hydrogen-bond donors (Lipinski definition) is 2. The van der Waals surface area contributed by atoms with Crippen molar-refractivity contribution in [1.29, 1.82) is 0 Å². The van der Waals surface area contributed by atoms with Gasteiger partial charge in [0.05, 0.1) is 5.56 Å². The molecule has 1 heterocycles. The predicted molar refractivity (Wildman–Crippen MR) is 54.3 cm³/mol. The summed E-state index contributed by atoms with van der Waals surface area (Å²) in [4.78, 5) is 10.8. The molecule has 0 amide bonds. The van der Waals surface area contributed by atoms with Gasteiger partial charge in [-0.2, -0.15) is 0 Å². The van der Waals surface area contributed by atoms with Gasteiger partial charge in [0.15, 0.2) is 0 Å². The number of nitrogen functional groups attached to an aromatic ring is 1. The lowest BCUT2D eigenvalue weighted by molar-refractivity contribution is 0.0698. The Balaban J connectivity index is 2.79. The molecule has 0 saturated heterocycles. The minimum Gasteiger partial charge on any atom is -0.478 e. The molecule has 4 nitrogen and oxygen atoms in total. The van der Waals surface area contributed by atoms with Crippen molar-refractivity contribution >= 4 is 22.6 Å². The molecule has 72 valence electrons. The van der Waals surface area contributed by atoms with Crippen molar-refractivity contribution in [3.63, 3.8) is 0 Å². The lowest BCUT2D eigenvalue weighted by Crippen LogP contribution is -2.02. The monoisotopic (exact) mass is 190 g/mol. The second-order valence-corrected chi connectivity index (χ2v) is 3.23. The normalized spacial score (nSPS) is 10.6.